The summed E-state index contributed by atoms with van der Waals surface area (Å²) in [6, 6.07) is 8.57. The van der Waals surface area contributed by atoms with Gasteiger partial charge in [0.25, 0.3) is 5.91 Å². The van der Waals surface area contributed by atoms with E-state index in [4.69, 9.17) is 19.2 Å². The van der Waals surface area contributed by atoms with Crippen LogP contribution in [0.4, 0.5) is 0 Å². The van der Waals surface area contributed by atoms with Crippen LogP contribution in [0.2, 0.25) is 0 Å². The highest BCUT2D eigenvalue weighted by atomic mass is 16.5. The summed E-state index contributed by atoms with van der Waals surface area (Å²) in [6.45, 7) is 9.06. The maximum atomic E-state index is 13.7. The zero-order chi connectivity index (χ0) is 26.9. The summed E-state index contributed by atoms with van der Waals surface area (Å²) in [7, 11) is 0. The molecule has 0 radical (unpaired) electrons. The number of hydrogen-bond donors (Lipinski definition) is 0. The van der Waals surface area contributed by atoms with E-state index in [9.17, 15) is 4.79 Å². The van der Waals surface area contributed by atoms with Crippen molar-refractivity contribution in [3.8, 4) is 0 Å². The molecule has 9 heteroatoms. The maximum absolute atomic E-state index is 13.7. The number of hydrogen-bond acceptors (Lipinski definition) is 7. The molecule has 1 aromatic carbocycles. The first-order valence-corrected chi connectivity index (χ1v) is 14.0. The standard InChI is InChI=1S/C30H36N6O3/c1-19-6-8-22(9-7-19)15-25-20(2)32-29-26(17-31-36(29)21(25)3)30(37)35-12-4-5-23(18-35)16-27-33-28(34-39-27)24-10-13-38-14-11-24/h6-9,17,23-24H,4-5,10-16,18H2,1-3H3. The van der Waals surface area contributed by atoms with Gasteiger partial charge < -0.3 is 14.2 Å². The molecule has 4 aromatic rings. The average molecular weight is 529 g/mol. The zero-order valence-corrected chi connectivity index (χ0v) is 23.0. The van der Waals surface area contributed by atoms with E-state index in [1.807, 2.05) is 16.3 Å². The van der Waals surface area contributed by atoms with Gasteiger partial charge in [-0.15, -0.1) is 0 Å². The van der Waals surface area contributed by atoms with Gasteiger partial charge in [-0.25, -0.2) is 9.50 Å². The first kappa shape index (κ1) is 25.7. The van der Waals surface area contributed by atoms with Gasteiger partial charge in [-0.3, -0.25) is 4.79 Å². The summed E-state index contributed by atoms with van der Waals surface area (Å²) in [6.07, 6.45) is 7.00. The molecule has 0 N–H and O–H groups in total. The monoisotopic (exact) mass is 528 g/mol. The van der Waals surface area contributed by atoms with Crippen LogP contribution in [0, 0.1) is 26.7 Å². The smallest absolute Gasteiger partial charge is 0.259 e. The zero-order valence-electron chi connectivity index (χ0n) is 23.0. The highest BCUT2D eigenvalue weighted by Crippen LogP contribution is 2.27. The van der Waals surface area contributed by atoms with Crippen LogP contribution < -0.4 is 0 Å². The van der Waals surface area contributed by atoms with Gasteiger partial charge in [0.2, 0.25) is 5.89 Å². The third-order valence-corrected chi connectivity index (χ3v) is 8.28. The Morgan fingerprint density at radius 3 is 2.64 bits per heavy atom. The number of nitrogens with zero attached hydrogens (tertiary/aromatic N) is 6. The lowest BCUT2D eigenvalue weighted by Gasteiger charge is -2.32. The highest BCUT2D eigenvalue weighted by Gasteiger charge is 2.29. The van der Waals surface area contributed by atoms with Crippen LogP contribution in [0.25, 0.3) is 5.65 Å². The number of amides is 1. The van der Waals surface area contributed by atoms with Crippen LogP contribution >= 0.6 is 0 Å². The lowest BCUT2D eigenvalue weighted by molar-refractivity contribution is 0.0669. The molecule has 1 unspecified atom stereocenters. The van der Waals surface area contributed by atoms with Crippen molar-refractivity contribution >= 4 is 11.6 Å². The number of rotatable bonds is 6. The van der Waals surface area contributed by atoms with Crippen molar-refractivity contribution in [2.24, 2.45) is 5.92 Å². The van der Waals surface area contributed by atoms with Crippen LogP contribution in [0.3, 0.4) is 0 Å². The molecular formula is C30H36N6O3. The summed E-state index contributed by atoms with van der Waals surface area (Å²) in [5.74, 6) is 2.04. The predicted molar refractivity (Wildman–Crippen MR) is 146 cm³/mol. The SMILES string of the molecule is Cc1ccc(Cc2c(C)nc3c(C(=O)N4CCCC(Cc5nc(C6CCOCC6)no5)C4)cnn3c2C)cc1. The van der Waals surface area contributed by atoms with E-state index >= 15 is 0 Å². The van der Waals surface area contributed by atoms with Crippen molar-refractivity contribution in [2.75, 3.05) is 26.3 Å². The van der Waals surface area contributed by atoms with E-state index in [1.165, 1.54) is 11.1 Å². The highest BCUT2D eigenvalue weighted by molar-refractivity contribution is 5.99. The Morgan fingerprint density at radius 2 is 1.85 bits per heavy atom. The molecule has 0 spiro atoms. The number of aryl methyl sites for hydroxylation is 3. The van der Waals surface area contributed by atoms with Crippen LogP contribution in [0.15, 0.2) is 35.0 Å². The number of ether oxygens (including phenoxy) is 1. The summed E-state index contributed by atoms with van der Waals surface area (Å²) in [5, 5.41) is 8.84. The van der Waals surface area contributed by atoms with Crippen molar-refractivity contribution in [1.29, 1.82) is 0 Å². The van der Waals surface area contributed by atoms with Gasteiger partial charge in [-0.1, -0.05) is 35.0 Å². The number of piperidine rings is 1. The van der Waals surface area contributed by atoms with Gasteiger partial charge in [0.15, 0.2) is 11.5 Å². The van der Waals surface area contributed by atoms with Crippen LogP contribution in [0.1, 0.15) is 81.8 Å². The summed E-state index contributed by atoms with van der Waals surface area (Å²) in [5.41, 5.74) is 6.76. The molecule has 2 aliphatic heterocycles. The molecule has 2 fully saturated rings. The molecular weight excluding hydrogens is 492 g/mol. The average Bonchev–Trinajstić information content (AvgIpc) is 3.60. The topological polar surface area (TPSA) is 98.7 Å². The van der Waals surface area contributed by atoms with Crippen molar-refractivity contribution in [1.82, 2.24) is 29.6 Å². The van der Waals surface area contributed by atoms with E-state index in [-0.39, 0.29) is 11.8 Å². The lowest BCUT2D eigenvalue weighted by atomic mass is 9.94. The number of aromatic nitrogens is 5. The first-order chi connectivity index (χ1) is 19.0. The van der Waals surface area contributed by atoms with Crippen LogP contribution in [0.5, 0.6) is 0 Å². The lowest BCUT2D eigenvalue weighted by Crippen LogP contribution is -2.40. The van der Waals surface area contributed by atoms with Gasteiger partial charge in [0.1, 0.15) is 5.56 Å². The molecule has 0 aliphatic carbocycles. The van der Waals surface area contributed by atoms with E-state index in [2.05, 4.69) is 48.4 Å². The second-order valence-corrected chi connectivity index (χ2v) is 11.1. The number of benzene rings is 1. The minimum absolute atomic E-state index is 0.0132. The Labute approximate surface area is 228 Å². The van der Waals surface area contributed by atoms with Crippen molar-refractivity contribution in [3.05, 3.63) is 75.8 Å². The Balaban J connectivity index is 1.16. The molecule has 39 heavy (non-hydrogen) atoms. The van der Waals surface area contributed by atoms with Crippen molar-refractivity contribution < 1.29 is 14.1 Å². The summed E-state index contributed by atoms with van der Waals surface area (Å²) < 4.78 is 12.9. The molecule has 1 amide bonds. The van der Waals surface area contributed by atoms with E-state index < -0.39 is 0 Å². The largest absolute Gasteiger partial charge is 0.381 e. The van der Waals surface area contributed by atoms with Gasteiger partial charge >= 0.3 is 0 Å². The van der Waals surface area contributed by atoms with E-state index in [1.54, 1.807) is 6.20 Å². The van der Waals surface area contributed by atoms with Crippen molar-refractivity contribution in [3.63, 3.8) is 0 Å². The van der Waals surface area contributed by atoms with Crippen molar-refractivity contribution in [2.45, 2.75) is 65.2 Å². The van der Waals surface area contributed by atoms with Crippen LogP contribution in [-0.4, -0.2) is 61.8 Å². The molecule has 2 aliphatic rings. The number of likely N-dealkylation sites (tertiary alicyclic amines) is 1. The summed E-state index contributed by atoms with van der Waals surface area (Å²) >= 11 is 0. The Morgan fingerprint density at radius 1 is 1.05 bits per heavy atom. The second-order valence-electron chi connectivity index (χ2n) is 11.1. The number of fused-ring (bicyclic) bond motifs is 1. The first-order valence-electron chi connectivity index (χ1n) is 14.0. The molecule has 2 saturated heterocycles. The fraction of sp³-hybridized carbons (Fsp3) is 0.500. The minimum atomic E-state index is -0.0132. The third kappa shape index (κ3) is 5.32. The quantitative estimate of drug-likeness (QED) is 0.360. The van der Waals surface area contributed by atoms with Crippen LogP contribution in [-0.2, 0) is 17.6 Å². The Bertz CT molecular complexity index is 1470. The maximum Gasteiger partial charge on any atom is 0.259 e. The van der Waals surface area contributed by atoms with E-state index in [0.717, 1.165) is 74.6 Å². The van der Waals surface area contributed by atoms with Gasteiger partial charge in [-0.05, 0) is 63.5 Å². The molecule has 3 aromatic heterocycles. The number of carbonyl (C=O) groups is 1. The fourth-order valence-corrected chi connectivity index (χ4v) is 5.93. The van der Waals surface area contributed by atoms with Gasteiger partial charge in [0.05, 0.1) is 6.20 Å². The fourth-order valence-electron chi connectivity index (χ4n) is 5.93. The second kappa shape index (κ2) is 10.9. The Hall–Kier alpha value is -3.59. The molecule has 0 saturated carbocycles. The molecule has 0 bridgehead atoms. The number of carbonyl (C=O) groups excluding carboxylic acids is 1. The third-order valence-electron chi connectivity index (χ3n) is 8.28. The minimum Gasteiger partial charge on any atom is -0.381 e. The molecule has 9 nitrogen and oxygen atoms in total. The van der Waals surface area contributed by atoms with Gasteiger partial charge in [-0.2, -0.15) is 10.1 Å². The summed E-state index contributed by atoms with van der Waals surface area (Å²) in [4.78, 5) is 25.2. The van der Waals surface area contributed by atoms with E-state index in [0.29, 0.717) is 36.0 Å². The Kier molecular flexibility index (Phi) is 7.16. The molecule has 5 heterocycles. The van der Waals surface area contributed by atoms with Gasteiger partial charge in [0, 0.05) is 56.5 Å². The molecule has 204 valence electrons. The molecule has 1 atom stereocenters. The predicted octanol–water partition coefficient (Wildman–Crippen LogP) is 4.62. The normalized spacial score (nSPS) is 18.6. The molecule has 6 rings (SSSR count).